The van der Waals surface area contributed by atoms with Crippen molar-refractivity contribution in [2.45, 2.75) is 45.4 Å². The zero-order valence-electron chi connectivity index (χ0n) is 11.8. The highest BCUT2D eigenvalue weighted by molar-refractivity contribution is 5.81. The van der Waals surface area contributed by atoms with Crippen LogP contribution < -0.4 is 0 Å². The van der Waals surface area contributed by atoms with Crippen LogP contribution in [0.3, 0.4) is 0 Å². The average Bonchev–Trinajstić information content (AvgIpc) is 2.21. The van der Waals surface area contributed by atoms with Gasteiger partial charge in [-0.05, 0) is 20.8 Å². The maximum Gasteiger partial charge on any atom is 0.406 e. The molecule has 0 saturated heterocycles. The molecule has 0 aromatic carbocycles. The lowest BCUT2D eigenvalue weighted by molar-refractivity contribution is -0.164. The summed E-state index contributed by atoms with van der Waals surface area (Å²) in [7, 11) is 0. The topological polar surface area (TPSA) is 66.8 Å². The third-order valence-electron chi connectivity index (χ3n) is 2.06. The fourth-order valence-corrected chi connectivity index (χ4v) is 1.39. The van der Waals surface area contributed by atoms with Gasteiger partial charge in [-0.2, -0.15) is 13.2 Å². The fraction of sp³-hybridized carbons (Fsp3) is 0.833. The summed E-state index contributed by atoms with van der Waals surface area (Å²) in [5, 5.41) is 8.66. The first-order chi connectivity index (χ1) is 8.94. The van der Waals surface area contributed by atoms with Gasteiger partial charge in [0.2, 0.25) is 5.91 Å². The lowest BCUT2D eigenvalue weighted by Gasteiger charge is -2.23. The van der Waals surface area contributed by atoms with Gasteiger partial charge in [-0.3, -0.25) is 9.59 Å². The summed E-state index contributed by atoms with van der Waals surface area (Å²) in [5.74, 6) is -1.50. The molecule has 0 radical (unpaired) electrons. The normalized spacial score (nSPS) is 12.2. The van der Waals surface area contributed by atoms with E-state index in [0.29, 0.717) is 4.90 Å². The third-order valence-corrected chi connectivity index (χ3v) is 2.06. The zero-order valence-corrected chi connectivity index (χ0v) is 11.8. The van der Waals surface area contributed by atoms with Crippen LogP contribution in [0.4, 0.5) is 13.2 Å². The molecular formula is C12H20F3NO4. The van der Waals surface area contributed by atoms with Gasteiger partial charge in [0, 0.05) is 13.0 Å². The molecule has 0 aliphatic carbocycles. The average molecular weight is 299 g/mol. The Labute approximate surface area is 115 Å². The van der Waals surface area contributed by atoms with E-state index in [9.17, 15) is 22.8 Å². The van der Waals surface area contributed by atoms with Gasteiger partial charge in [0.05, 0.1) is 13.0 Å². The molecule has 0 spiro atoms. The summed E-state index contributed by atoms with van der Waals surface area (Å²) in [6, 6.07) is 0. The number of alkyl halides is 3. The minimum absolute atomic E-state index is 0.296. The van der Waals surface area contributed by atoms with Crippen LogP contribution in [-0.4, -0.2) is 53.4 Å². The summed E-state index contributed by atoms with van der Waals surface area (Å²) < 4.78 is 41.7. The summed E-state index contributed by atoms with van der Waals surface area (Å²) in [6.07, 6.45) is -5.22. The molecule has 0 bridgehead atoms. The number of rotatable bonds is 6. The fourth-order valence-electron chi connectivity index (χ4n) is 1.39. The van der Waals surface area contributed by atoms with Crippen LogP contribution >= 0.6 is 0 Å². The lowest BCUT2D eigenvalue weighted by Crippen LogP contribution is -2.40. The molecule has 0 aliphatic heterocycles. The van der Waals surface area contributed by atoms with E-state index in [4.69, 9.17) is 9.84 Å². The molecular weight excluding hydrogens is 279 g/mol. The number of aliphatic hydroxyl groups is 1. The van der Waals surface area contributed by atoms with Crippen LogP contribution in [0.1, 0.15) is 33.6 Å². The molecule has 118 valence electrons. The minimum Gasteiger partial charge on any atom is -0.460 e. The highest BCUT2D eigenvalue weighted by Gasteiger charge is 2.32. The Balaban J connectivity index is 4.37. The number of amides is 1. The second-order valence-corrected chi connectivity index (χ2v) is 5.24. The first kappa shape index (κ1) is 18.7. The number of ether oxygens (including phenoxy) is 1. The van der Waals surface area contributed by atoms with Crippen LogP contribution in [0.2, 0.25) is 0 Å². The van der Waals surface area contributed by atoms with Crippen molar-refractivity contribution in [3.63, 3.8) is 0 Å². The van der Waals surface area contributed by atoms with Gasteiger partial charge in [0.25, 0.3) is 0 Å². The van der Waals surface area contributed by atoms with E-state index in [0.717, 1.165) is 0 Å². The molecule has 0 fully saturated rings. The summed E-state index contributed by atoms with van der Waals surface area (Å²) >= 11 is 0. The molecule has 5 nitrogen and oxygen atoms in total. The molecule has 0 rings (SSSR count). The number of hydrogen-bond donors (Lipinski definition) is 1. The molecule has 0 atom stereocenters. The maximum atomic E-state index is 12.2. The number of halogens is 3. The largest absolute Gasteiger partial charge is 0.460 e. The van der Waals surface area contributed by atoms with Gasteiger partial charge in [-0.1, -0.05) is 0 Å². The first-order valence-corrected chi connectivity index (χ1v) is 6.12. The van der Waals surface area contributed by atoms with Gasteiger partial charge < -0.3 is 14.7 Å². The third kappa shape index (κ3) is 9.60. The van der Waals surface area contributed by atoms with E-state index < -0.39 is 43.4 Å². The van der Waals surface area contributed by atoms with E-state index in [2.05, 4.69) is 0 Å². The molecule has 0 aromatic heterocycles. The van der Waals surface area contributed by atoms with E-state index in [1.165, 1.54) is 0 Å². The number of carbonyl (C=O) groups excluding carboxylic acids is 2. The predicted molar refractivity (Wildman–Crippen MR) is 64.8 cm³/mol. The molecule has 1 amide bonds. The Morgan fingerprint density at radius 2 is 1.70 bits per heavy atom. The van der Waals surface area contributed by atoms with E-state index in [1.54, 1.807) is 20.8 Å². The molecule has 0 unspecified atom stereocenters. The van der Waals surface area contributed by atoms with Crippen molar-refractivity contribution in [3.8, 4) is 0 Å². The molecule has 8 heteroatoms. The number of hydrogen-bond acceptors (Lipinski definition) is 4. The second kappa shape index (κ2) is 7.47. The van der Waals surface area contributed by atoms with E-state index >= 15 is 0 Å². The quantitative estimate of drug-likeness (QED) is 0.755. The number of carbonyl (C=O) groups is 2. The molecule has 0 heterocycles. The minimum atomic E-state index is -4.54. The Bertz CT molecular complexity index is 337. The zero-order chi connectivity index (χ0) is 16.0. The molecule has 0 saturated carbocycles. The van der Waals surface area contributed by atoms with Crippen molar-refractivity contribution >= 4 is 11.9 Å². The van der Waals surface area contributed by atoms with Gasteiger partial charge >= 0.3 is 12.1 Å². The van der Waals surface area contributed by atoms with Crippen LogP contribution in [0, 0.1) is 0 Å². The highest BCUT2D eigenvalue weighted by Crippen LogP contribution is 2.17. The second-order valence-electron chi connectivity index (χ2n) is 5.24. The van der Waals surface area contributed by atoms with Crippen molar-refractivity contribution in [1.82, 2.24) is 4.90 Å². The number of nitrogens with zero attached hydrogens (tertiary/aromatic N) is 1. The smallest absolute Gasteiger partial charge is 0.406 e. The standard InChI is InChI=1S/C12H20F3NO4/c1-11(2,3)20-10(19)5-4-9(18)16(6-7-17)8-12(13,14)15/h17H,4-8H2,1-3H3. The van der Waals surface area contributed by atoms with Crippen molar-refractivity contribution in [2.75, 3.05) is 19.7 Å². The predicted octanol–water partition coefficient (Wildman–Crippen LogP) is 1.49. The lowest BCUT2D eigenvalue weighted by atomic mass is 10.2. The summed E-state index contributed by atoms with van der Waals surface area (Å²) in [4.78, 5) is 23.4. The van der Waals surface area contributed by atoms with Crippen molar-refractivity contribution in [1.29, 1.82) is 0 Å². The molecule has 0 aromatic rings. The van der Waals surface area contributed by atoms with Gasteiger partial charge in [-0.25, -0.2) is 0 Å². The Morgan fingerprint density at radius 3 is 2.10 bits per heavy atom. The Hall–Kier alpha value is -1.31. The van der Waals surface area contributed by atoms with E-state index in [-0.39, 0.29) is 12.8 Å². The summed E-state index contributed by atoms with van der Waals surface area (Å²) in [5.41, 5.74) is -0.711. The monoisotopic (exact) mass is 299 g/mol. The van der Waals surface area contributed by atoms with Crippen molar-refractivity contribution < 1.29 is 32.6 Å². The highest BCUT2D eigenvalue weighted by atomic mass is 19.4. The van der Waals surface area contributed by atoms with Gasteiger partial charge in [0.15, 0.2) is 0 Å². The molecule has 1 N–H and O–H groups in total. The maximum absolute atomic E-state index is 12.2. The number of aliphatic hydroxyl groups excluding tert-OH is 1. The number of esters is 1. The van der Waals surface area contributed by atoms with Gasteiger partial charge in [-0.15, -0.1) is 0 Å². The molecule has 20 heavy (non-hydrogen) atoms. The van der Waals surface area contributed by atoms with Crippen molar-refractivity contribution in [2.24, 2.45) is 0 Å². The SMILES string of the molecule is CC(C)(C)OC(=O)CCC(=O)N(CCO)CC(F)(F)F. The van der Waals surface area contributed by atoms with Crippen LogP contribution in [0.25, 0.3) is 0 Å². The Kier molecular flexibility index (Phi) is 6.98. The van der Waals surface area contributed by atoms with E-state index in [1.807, 2.05) is 0 Å². The van der Waals surface area contributed by atoms with Gasteiger partial charge in [0.1, 0.15) is 12.1 Å². The van der Waals surface area contributed by atoms with Crippen LogP contribution in [-0.2, 0) is 14.3 Å². The van der Waals surface area contributed by atoms with Crippen LogP contribution in [0.5, 0.6) is 0 Å². The molecule has 0 aliphatic rings. The van der Waals surface area contributed by atoms with Crippen LogP contribution in [0.15, 0.2) is 0 Å². The first-order valence-electron chi connectivity index (χ1n) is 6.12. The Morgan fingerprint density at radius 1 is 1.15 bits per heavy atom. The summed E-state index contributed by atoms with van der Waals surface area (Å²) in [6.45, 7) is 2.50. The van der Waals surface area contributed by atoms with Crippen molar-refractivity contribution in [3.05, 3.63) is 0 Å².